The number of nitrogens with one attached hydrogen (secondary N) is 1. The number of ketones is 1. The van der Waals surface area contributed by atoms with Gasteiger partial charge in [-0.2, -0.15) is 18.2 Å². The highest BCUT2D eigenvalue weighted by atomic mass is 19.4. The number of hydrogen-bond acceptors (Lipinski definition) is 4. The Labute approximate surface area is 149 Å². The molecule has 2 heterocycles. The van der Waals surface area contributed by atoms with E-state index in [-0.39, 0.29) is 35.2 Å². The van der Waals surface area contributed by atoms with Crippen molar-refractivity contribution in [2.24, 2.45) is 5.92 Å². The largest absolute Gasteiger partial charge is 0.453 e. The Morgan fingerprint density at radius 1 is 1.15 bits per heavy atom. The molecule has 27 heavy (non-hydrogen) atoms. The van der Waals surface area contributed by atoms with Gasteiger partial charge in [-0.3, -0.25) is 4.79 Å². The van der Waals surface area contributed by atoms with Crippen molar-refractivity contribution >= 4 is 11.7 Å². The van der Waals surface area contributed by atoms with Crippen molar-refractivity contribution in [2.75, 3.05) is 5.32 Å². The number of allylic oxidation sites excluding steroid dienone is 2. The van der Waals surface area contributed by atoms with Gasteiger partial charge in [-0.15, -0.1) is 5.10 Å². The number of hydrogen-bond donors (Lipinski definition) is 1. The van der Waals surface area contributed by atoms with E-state index >= 15 is 0 Å². The molecule has 10 heteroatoms. The maximum atomic E-state index is 13.8. The minimum atomic E-state index is -4.80. The molecule has 2 aromatic rings. The van der Waals surface area contributed by atoms with Crippen LogP contribution < -0.4 is 5.32 Å². The summed E-state index contributed by atoms with van der Waals surface area (Å²) in [6.07, 6.45) is -4.21. The van der Waals surface area contributed by atoms with Crippen molar-refractivity contribution in [3.05, 3.63) is 52.5 Å². The molecular formula is C17H13F5N4O. The summed E-state index contributed by atoms with van der Waals surface area (Å²) in [7, 11) is 0. The van der Waals surface area contributed by atoms with Gasteiger partial charge in [0.2, 0.25) is 5.95 Å². The third-order valence-corrected chi connectivity index (χ3v) is 4.58. The molecule has 142 valence electrons. The van der Waals surface area contributed by atoms with E-state index in [0.717, 1.165) is 16.8 Å². The first-order valence-corrected chi connectivity index (χ1v) is 8.16. The van der Waals surface area contributed by atoms with Gasteiger partial charge >= 0.3 is 6.18 Å². The van der Waals surface area contributed by atoms with Gasteiger partial charge in [0.15, 0.2) is 5.78 Å². The van der Waals surface area contributed by atoms with E-state index < -0.39 is 29.7 Å². The van der Waals surface area contributed by atoms with Crippen LogP contribution in [0.5, 0.6) is 0 Å². The van der Waals surface area contributed by atoms with Crippen molar-refractivity contribution in [1.29, 1.82) is 0 Å². The van der Waals surface area contributed by atoms with Crippen LogP contribution in [0.2, 0.25) is 0 Å². The van der Waals surface area contributed by atoms with E-state index in [1.165, 1.54) is 0 Å². The van der Waals surface area contributed by atoms with E-state index in [1.807, 2.05) is 6.92 Å². The van der Waals surface area contributed by atoms with Crippen LogP contribution in [0.25, 0.3) is 0 Å². The summed E-state index contributed by atoms with van der Waals surface area (Å²) in [4.78, 5) is 16.1. The molecule has 1 aromatic carbocycles. The molecule has 0 bridgehead atoms. The lowest BCUT2D eigenvalue weighted by atomic mass is 9.81. The second kappa shape index (κ2) is 5.86. The van der Waals surface area contributed by atoms with E-state index in [9.17, 15) is 26.7 Å². The zero-order valence-electron chi connectivity index (χ0n) is 13.9. The summed E-state index contributed by atoms with van der Waals surface area (Å²) in [6, 6.07) is 1.42. The van der Waals surface area contributed by atoms with Crippen molar-refractivity contribution < 1.29 is 26.7 Å². The number of nitrogens with zero attached hydrogens (tertiary/aromatic N) is 3. The molecule has 5 nitrogen and oxygen atoms in total. The van der Waals surface area contributed by atoms with Gasteiger partial charge in [-0.25, -0.2) is 13.5 Å². The SMILES string of the molecule is C[C@H]1CC(=O)C2=C(C1)Nc1nc(C(F)(F)F)nn1[C@H]2c1cc(F)cc(F)c1. The topological polar surface area (TPSA) is 59.8 Å². The molecular weight excluding hydrogens is 371 g/mol. The number of carbonyl (C=O) groups excluding carboxylic acids is 1. The lowest BCUT2D eigenvalue weighted by Gasteiger charge is -2.34. The maximum Gasteiger partial charge on any atom is 0.453 e. The lowest BCUT2D eigenvalue weighted by Crippen LogP contribution is -2.33. The first kappa shape index (κ1) is 17.6. The monoisotopic (exact) mass is 384 g/mol. The van der Waals surface area contributed by atoms with Gasteiger partial charge in [0.1, 0.15) is 17.7 Å². The number of aromatic nitrogens is 3. The van der Waals surface area contributed by atoms with Crippen LogP contribution in [0.3, 0.4) is 0 Å². The van der Waals surface area contributed by atoms with Crippen molar-refractivity contribution in [1.82, 2.24) is 14.8 Å². The predicted molar refractivity (Wildman–Crippen MR) is 83.6 cm³/mol. The molecule has 0 spiro atoms. The van der Waals surface area contributed by atoms with Gasteiger partial charge in [0, 0.05) is 23.8 Å². The second-order valence-corrected chi connectivity index (χ2v) is 6.76. The molecule has 0 fully saturated rings. The summed E-state index contributed by atoms with van der Waals surface area (Å²) < 4.78 is 67.6. The van der Waals surface area contributed by atoms with E-state index in [0.29, 0.717) is 18.2 Å². The number of benzene rings is 1. The van der Waals surface area contributed by atoms with E-state index in [1.54, 1.807) is 0 Å². The average Bonchev–Trinajstić information content (AvgIpc) is 2.95. The molecule has 1 aliphatic heterocycles. The van der Waals surface area contributed by atoms with Gasteiger partial charge in [0.25, 0.3) is 5.82 Å². The van der Waals surface area contributed by atoms with Crippen molar-refractivity contribution in [3.63, 3.8) is 0 Å². The molecule has 4 rings (SSSR count). The van der Waals surface area contributed by atoms with Gasteiger partial charge in [-0.1, -0.05) is 6.92 Å². The smallest absolute Gasteiger partial charge is 0.328 e. The predicted octanol–water partition coefficient (Wildman–Crippen LogP) is 3.84. The number of alkyl halides is 3. The molecule has 1 N–H and O–H groups in total. The molecule has 2 atom stereocenters. The Morgan fingerprint density at radius 2 is 1.81 bits per heavy atom. The zero-order chi connectivity index (χ0) is 19.5. The van der Waals surface area contributed by atoms with Crippen LogP contribution in [0.1, 0.15) is 37.2 Å². The first-order valence-electron chi connectivity index (χ1n) is 8.16. The number of Topliss-reactive ketones (excluding diaryl/α,β-unsaturated/α-hetero) is 1. The maximum absolute atomic E-state index is 13.8. The average molecular weight is 384 g/mol. The Bertz CT molecular complexity index is 958. The Kier molecular flexibility index (Phi) is 3.83. The van der Waals surface area contributed by atoms with Gasteiger partial charge in [-0.05, 0) is 30.0 Å². The fraction of sp³-hybridized carbons (Fsp3) is 0.353. The number of halogens is 5. The molecule has 0 saturated carbocycles. The van der Waals surface area contributed by atoms with Crippen LogP contribution in [0.15, 0.2) is 29.5 Å². The molecule has 1 aromatic heterocycles. The van der Waals surface area contributed by atoms with Crippen LogP contribution in [-0.2, 0) is 11.0 Å². The third-order valence-electron chi connectivity index (χ3n) is 4.58. The summed E-state index contributed by atoms with van der Waals surface area (Å²) >= 11 is 0. The first-order chi connectivity index (χ1) is 12.6. The second-order valence-electron chi connectivity index (χ2n) is 6.76. The fourth-order valence-corrected chi connectivity index (χ4v) is 3.57. The normalized spacial score (nSPS) is 22.4. The summed E-state index contributed by atoms with van der Waals surface area (Å²) in [5.41, 5.74) is 0.551. The van der Waals surface area contributed by atoms with Gasteiger partial charge in [0.05, 0.1) is 0 Å². The Morgan fingerprint density at radius 3 is 2.44 bits per heavy atom. The fourth-order valence-electron chi connectivity index (χ4n) is 3.57. The number of rotatable bonds is 1. The molecule has 2 aliphatic rings. The van der Waals surface area contributed by atoms with E-state index in [2.05, 4.69) is 15.4 Å². The summed E-state index contributed by atoms with van der Waals surface area (Å²) in [6.45, 7) is 1.83. The van der Waals surface area contributed by atoms with Gasteiger partial charge < -0.3 is 5.32 Å². The molecule has 0 amide bonds. The highest BCUT2D eigenvalue weighted by Crippen LogP contribution is 2.42. The van der Waals surface area contributed by atoms with Crippen LogP contribution >= 0.6 is 0 Å². The van der Waals surface area contributed by atoms with Crippen molar-refractivity contribution in [3.8, 4) is 0 Å². The number of anilines is 1. The quantitative estimate of drug-likeness (QED) is 0.759. The Hall–Kier alpha value is -2.78. The molecule has 0 radical (unpaired) electrons. The standard InChI is InChI=1S/C17H13F5N4O/c1-7-2-11-13(12(27)3-7)14(8-4-9(18)6-10(19)5-8)26-16(23-11)24-15(25-26)17(20,21)22/h4-7,14H,2-3H2,1H3,(H,23,24,25)/t7-,14+/m1/s1. The number of fused-ring (bicyclic) bond motifs is 1. The van der Waals surface area contributed by atoms with Crippen molar-refractivity contribution in [2.45, 2.75) is 32.0 Å². The highest BCUT2D eigenvalue weighted by molar-refractivity contribution is 5.99. The van der Waals surface area contributed by atoms with Crippen LogP contribution in [0, 0.1) is 17.6 Å². The van der Waals surface area contributed by atoms with Crippen LogP contribution in [-0.4, -0.2) is 20.5 Å². The molecule has 0 saturated heterocycles. The summed E-state index contributed by atoms with van der Waals surface area (Å²) in [5, 5.41) is 6.21. The van der Waals surface area contributed by atoms with Crippen LogP contribution in [0.4, 0.5) is 27.9 Å². The molecule has 1 aliphatic carbocycles. The summed E-state index contributed by atoms with van der Waals surface area (Å²) in [5.74, 6) is -3.75. The highest BCUT2D eigenvalue weighted by Gasteiger charge is 2.43. The lowest BCUT2D eigenvalue weighted by molar-refractivity contribution is -0.145. The Balaban J connectivity index is 1.94. The van der Waals surface area contributed by atoms with E-state index in [4.69, 9.17) is 0 Å². The third kappa shape index (κ3) is 2.98. The minimum Gasteiger partial charge on any atom is -0.328 e. The zero-order valence-corrected chi connectivity index (χ0v) is 13.9. The minimum absolute atomic E-state index is 0.00993. The molecule has 0 unspecified atom stereocenters. The number of carbonyl (C=O) groups is 1.